The second kappa shape index (κ2) is 16.1. The van der Waals surface area contributed by atoms with E-state index >= 15 is 18.0 Å². The van der Waals surface area contributed by atoms with E-state index in [0.717, 1.165) is 28.5 Å². The molecular formula is C60H59F3N10O3. The van der Waals surface area contributed by atoms with E-state index in [0.29, 0.717) is 87.8 Å². The van der Waals surface area contributed by atoms with Crippen LogP contribution in [0.1, 0.15) is 152 Å². The second-order valence-corrected chi connectivity index (χ2v) is 24.5. The van der Waals surface area contributed by atoms with Gasteiger partial charge in [-0.3, -0.25) is 39.5 Å². The Hall–Kier alpha value is -7.80. The highest BCUT2D eigenvalue weighted by molar-refractivity contribution is 6.06. The van der Waals surface area contributed by atoms with Crippen LogP contribution in [0.25, 0.3) is 0 Å². The lowest BCUT2D eigenvalue weighted by Gasteiger charge is -2.48. The predicted molar refractivity (Wildman–Crippen MR) is 282 cm³/mol. The molecule has 0 unspecified atom stereocenters. The largest absolute Gasteiger partial charge is 0.418 e. The van der Waals surface area contributed by atoms with Gasteiger partial charge < -0.3 is 5.32 Å². The molecule has 0 saturated carbocycles. The summed E-state index contributed by atoms with van der Waals surface area (Å²) >= 11 is 0. The fourth-order valence-electron chi connectivity index (χ4n) is 14.2. The number of carbonyl (C=O) groups excluding carboxylic acids is 3. The maximum Gasteiger partial charge on any atom is 0.418 e. The number of H-pyrrole nitrogens is 3. The smallest absolute Gasteiger partial charge is 0.342 e. The Morgan fingerprint density at radius 1 is 0.605 bits per heavy atom. The van der Waals surface area contributed by atoms with Gasteiger partial charge in [-0.1, -0.05) is 78.8 Å². The summed E-state index contributed by atoms with van der Waals surface area (Å²) < 4.78 is 48.9. The molecule has 13 nitrogen and oxygen atoms in total. The van der Waals surface area contributed by atoms with Gasteiger partial charge in [0.2, 0.25) is 0 Å². The van der Waals surface area contributed by atoms with Crippen LogP contribution in [0.3, 0.4) is 0 Å². The summed E-state index contributed by atoms with van der Waals surface area (Å²) in [5.74, 6) is 1.06. The maximum atomic E-state index is 16.3. The predicted octanol–water partition coefficient (Wildman–Crippen LogP) is 12.7. The molecule has 3 aromatic carbocycles. The monoisotopic (exact) mass is 1020 g/mol. The van der Waals surface area contributed by atoms with Crippen molar-refractivity contribution in [1.29, 1.82) is 5.26 Å². The SMILES string of the molecule is CC[C@@]1(c2ccc(N3C4=C(C(=O)CC(C)(C)C4)[C@](C)(c4ccc(N5C6=C(C(=O)CC(C)(C)C6)[C@](C)(c6cccc(C#N)c6)c6c[nH]nc65)c(C(F)(F)F)c4)c4c[nH]nc43)cc2)C2=C(CC(C)(C)CC2=O)Nc2n[nH]cc21. The summed E-state index contributed by atoms with van der Waals surface area (Å²) in [7, 11) is 0. The Morgan fingerprint density at radius 3 is 1.70 bits per heavy atom. The van der Waals surface area contributed by atoms with E-state index < -0.39 is 38.8 Å². The molecule has 388 valence electrons. The molecule has 3 aliphatic heterocycles. The highest BCUT2D eigenvalue weighted by atomic mass is 19.4. The highest BCUT2D eigenvalue weighted by Crippen LogP contribution is 2.61. The molecule has 16 heteroatoms. The van der Waals surface area contributed by atoms with Gasteiger partial charge in [-0.05, 0) is 109 Å². The van der Waals surface area contributed by atoms with Gasteiger partial charge in [0.1, 0.15) is 0 Å². The number of aromatic amines is 3. The first-order chi connectivity index (χ1) is 35.9. The van der Waals surface area contributed by atoms with E-state index in [-0.39, 0.29) is 59.1 Å². The Kier molecular flexibility index (Phi) is 10.4. The normalized spacial score (nSPS) is 25.3. The van der Waals surface area contributed by atoms with Gasteiger partial charge in [-0.15, -0.1) is 0 Å². The number of aromatic nitrogens is 6. The molecule has 6 aromatic rings. The summed E-state index contributed by atoms with van der Waals surface area (Å²) in [6, 6.07) is 21.5. The van der Waals surface area contributed by atoms with Gasteiger partial charge in [0, 0.05) is 94.0 Å². The van der Waals surface area contributed by atoms with Gasteiger partial charge in [-0.2, -0.15) is 33.7 Å². The molecule has 6 aliphatic rings. The minimum absolute atomic E-state index is 0.0890. The van der Waals surface area contributed by atoms with E-state index in [2.05, 4.69) is 57.7 Å². The van der Waals surface area contributed by atoms with Crippen LogP contribution < -0.4 is 15.1 Å². The van der Waals surface area contributed by atoms with Crippen molar-refractivity contribution in [2.24, 2.45) is 16.2 Å². The molecule has 12 rings (SSSR count). The van der Waals surface area contributed by atoms with Crippen molar-refractivity contribution < 1.29 is 27.6 Å². The van der Waals surface area contributed by atoms with Crippen LogP contribution in [-0.2, 0) is 36.8 Å². The average molecular weight is 1030 g/mol. The number of alkyl halides is 3. The fraction of sp³-hybridized carbons (Fsp3) is 0.383. The number of nitriles is 1. The van der Waals surface area contributed by atoms with Crippen LogP contribution in [0.4, 0.5) is 42.0 Å². The number of Topliss-reactive ketones (excluding diaryl/α,β-unsaturated/α-hetero) is 3. The first-order valence-electron chi connectivity index (χ1n) is 26.0. The molecule has 0 radical (unpaired) electrons. The van der Waals surface area contributed by atoms with Crippen LogP contribution >= 0.6 is 0 Å². The Labute approximate surface area is 438 Å². The first kappa shape index (κ1) is 49.1. The van der Waals surface area contributed by atoms with Crippen molar-refractivity contribution in [3.8, 4) is 6.07 Å². The number of carbonyl (C=O) groups is 3. The first-order valence-corrected chi connectivity index (χ1v) is 26.0. The summed E-state index contributed by atoms with van der Waals surface area (Å²) in [4.78, 5) is 47.5. The van der Waals surface area contributed by atoms with Gasteiger partial charge >= 0.3 is 6.18 Å². The zero-order chi connectivity index (χ0) is 53.9. The van der Waals surface area contributed by atoms with Crippen LogP contribution in [0.2, 0.25) is 0 Å². The number of hydrogen-bond donors (Lipinski definition) is 4. The third-order valence-corrected chi connectivity index (χ3v) is 17.5. The van der Waals surface area contributed by atoms with Crippen molar-refractivity contribution in [3.05, 3.63) is 164 Å². The molecule has 3 atom stereocenters. The number of halogens is 3. The number of nitrogens with zero attached hydrogens (tertiary/aromatic N) is 6. The standard InChI is InChI=1S/C60H59F3N10O3/c1-10-59(38-29-65-69-51(38)68-41-22-54(2,3)25-45(74)48(41)59)33-14-17-36(18-15-33)72-43-23-55(4,5)26-46(75)49(43)58(9,39-30-66-70-52(39)72)35-16-19-42(37(21-35)60(61,62)63)73-44-24-56(6,7)27-47(76)50(44)57(8,40-31-67-71-53(40)73)34-13-11-12-32(20-34)28-64/h11-21,29-31H,10,22-27H2,1-9H3,(H,66,70)(H,67,71)(H2,65,68,69)/t57-,58-,59+/m1/s1. The van der Waals surface area contributed by atoms with Gasteiger partial charge in [0.25, 0.3) is 0 Å². The fourth-order valence-corrected chi connectivity index (χ4v) is 14.2. The number of rotatable bonds is 6. The third kappa shape index (κ3) is 6.88. The molecule has 0 fully saturated rings. The molecule has 0 bridgehead atoms. The molecule has 76 heavy (non-hydrogen) atoms. The minimum atomic E-state index is -4.93. The van der Waals surface area contributed by atoms with Crippen molar-refractivity contribution in [2.45, 2.75) is 130 Å². The molecule has 0 amide bonds. The van der Waals surface area contributed by atoms with E-state index in [1.165, 1.54) is 11.0 Å². The number of benzene rings is 3. The lowest BCUT2D eigenvalue weighted by atomic mass is 9.60. The Morgan fingerprint density at radius 2 is 1.12 bits per heavy atom. The molecule has 0 spiro atoms. The summed E-state index contributed by atoms with van der Waals surface area (Å²) in [6.45, 7) is 17.9. The van der Waals surface area contributed by atoms with Crippen molar-refractivity contribution in [2.75, 3.05) is 15.1 Å². The number of anilines is 5. The van der Waals surface area contributed by atoms with E-state index in [1.54, 1.807) is 36.7 Å². The molecule has 0 saturated heterocycles. The van der Waals surface area contributed by atoms with Crippen LogP contribution in [0, 0.1) is 27.6 Å². The highest BCUT2D eigenvalue weighted by Gasteiger charge is 2.56. The van der Waals surface area contributed by atoms with Crippen LogP contribution in [0.15, 0.2) is 119 Å². The van der Waals surface area contributed by atoms with E-state index in [4.69, 9.17) is 5.10 Å². The van der Waals surface area contributed by atoms with Gasteiger partial charge in [-0.25, -0.2) is 0 Å². The van der Waals surface area contributed by atoms with Crippen LogP contribution in [0.5, 0.6) is 0 Å². The Balaban J connectivity index is 1.02. The number of hydrogen-bond acceptors (Lipinski definition) is 10. The lowest BCUT2D eigenvalue weighted by molar-refractivity contribution is -0.137. The van der Waals surface area contributed by atoms with Gasteiger partial charge in [0.05, 0.1) is 39.1 Å². The van der Waals surface area contributed by atoms with Crippen molar-refractivity contribution >= 4 is 46.2 Å². The van der Waals surface area contributed by atoms with Crippen LogP contribution in [-0.4, -0.2) is 47.9 Å². The summed E-state index contributed by atoms with van der Waals surface area (Å²) in [5, 5.41) is 36.4. The summed E-state index contributed by atoms with van der Waals surface area (Å²) in [6.07, 6.45) is 2.93. The zero-order valence-electron chi connectivity index (χ0n) is 44.1. The molecule has 3 aromatic heterocycles. The molecule has 3 aliphatic carbocycles. The number of allylic oxidation sites excluding steroid dienone is 6. The topological polar surface area (TPSA) is 180 Å². The molecule has 6 heterocycles. The van der Waals surface area contributed by atoms with Crippen molar-refractivity contribution in [3.63, 3.8) is 0 Å². The number of ketones is 3. The van der Waals surface area contributed by atoms with Gasteiger partial charge in [0.15, 0.2) is 34.8 Å². The number of fused-ring (bicyclic) bond motifs is 3. The maximum absolute atomic E-state index is 16.3. The third-order valence-electron chi connectivity index (χ3n) is 17.5. The average Bonchev–Trinajstić information content (AvgIpc) is 4.25. The molecular weight excluding hydrogens is 966 g/mol. The second-order valence-electron chi connectivity index (χ2n) is 24.5. The zero-order valence-corrected chi connectivity index (χ0v) is 44.1. The lowest BCUT2D eigenvalue weighted by Crippen LogP contribution is -2.45. The minimum Gasteiger partial charge on any atom is -0.342 e. The van der Waals surface area contributed by atoms with Crippen molar-refractivity contribution in [1.82, 2.24) is 30.6 Å². The molecule has 4 N–H and O–H groups in total. The summed E-state index contributed by atoms with van der Waals surface area (Å²) in [5.41, 5.74) is 2.23. The van der Waals surface area contributed by atoms with E-state index in [9.17, 15) is 14.9 Å². The number of nitrogens with one attached hydrogen (secondary N) is 4. The van der Waals surface area contributed by atoms with E-state index in [1.807, 2.05) is 83.0 Å². The quantitative estimate of drug-likeness (QED) is 0.125. The Bertz CT molecular complexity index is 3670.